The first-order chi connectivity index (χ1) is 10.6. The highest BCUT2D eigenvalue weighted by Crippen LogP contribution is 2.17. The van der Waals surface area contributed by atoms with Gasteiger partial charge in [0.25, 0.3) is 11.5 Å². The number of nitrogens with one attached hydrogen (secondary N) is 2. The minimum absolute atomic E-state index is 0.240. The van der Waals surface area contributed by atoms with Crippen molar-refractivity contribution in [3.8, 4) is 0 Å². The Bertz CT molecular complexity index is 908. The highest BCUT2D eigenvalue weighted by atomic mass is 16.2. The normalized spacial score (nSPS) is 10.8. The van der Waals surface area contributed by atoms with E-state index in [9.17, 15) is 9.59 Å². The van der Waals surface area contributed by atoms with Crippen molar-refractivity contribution in [2.45, 2.75) is 20.3 Å². The summed E-state index contributed by atoms with van der Waals surface area (Å²) in [5, 5.41) is 5.64. The molecular formula is C16H16N4O2. The Morgan fingerprint density at radius 1 is 1.36 bits per heavy atom. The van der Waals surface area contributed by atoms with E-state index < -0.39 is 0 Å². The Balaban J connectivity index is 2.01. The standard InChI is InChI=1S/C16H16N4O2/c1-3-11-6-4-5-7-13(11)19-16(22)12-9-17-20-14(21)8-10(2)18-15(12)20/h4-9,17H,3H2,1-2H3,(H,19,22). The van der Waals surface area contributed by atoms with Gasteiger partial charge in [-0.1, -0.05) is 25.1 Å². The van der Waals surface area contributed by atoms with E-state index in [-0.39, 0.29) is 11.5 Å². The van der Waals surface area contributed by atoms with Crippen LogP contribution in [0.1, 0.15) is 28.5 Å². The molecule has 0 saturated carbocycles. The summed E-state index contributed by atoms with van der Waals surface area (Å²) in [5.41, 5.74) is 2.83. The molecule has 0 spiro atoms. The van der Waals surface area contributed by atoms with Crippen molar-refractivity contribution in [1.82, 2.24) is 14.6 Å². The number of nitrogens with zero attached hydrogens (tertiary/aromatic N) is 2. The van der Waals surface area contributed by atoms with Gasteiger partial charge in [-0.3, -0.25) is 14.7 Å². The monoisotopic (exact) mass is 296 g/mol. The molecule has 0 aliphatic carbocycles. The maximum Gasteiger partial charge on any atom is 0.272 e. The van der Waals surface area contributed by atoms with E-state index in [4.69, 9.17) is 0 Å². The zero-order chi connectivity index (χ0) is 15.7. The summed E-state index contributed by atoms with van der Waals surface area (Å²) in [6.07, 6.45) is 2.31. The summed E-state index contributed by atoms with van der Waals surface area (Å²) in [6, 6.07) is 9.05. The molecule has 0 bridgehead atoms. The number of anilines is 1. The molecule has 0 aliphatic rings. The summed E-state index contributed by atoms with van der Waals surface area (Å²) < 4.78 is 1.26. The molecule has 112 valence electrons. The van der Waals surface area contributed by atoms with E-state index >= 15 is 0 Å². The van der Waals surface area contributed by atoms with Crippen LogP contribution in [0.15, 0.2) is 41.3 Å². The molecule has 0 aliphatic heterocycles. The summed E-state index contributed by atoms with van der Waals surface area (Å²) in [7, 11) is 0. The third-order valence-corrected chi connectivity index (χ3v) is 3.52. The predicted octanol–water partition coefficient (Wildman–Crippen LogP) is 2.15. The number of rotatable bonds is 3. The van der Waals surface area contributed by atoms with Crippen molar-refractivity contribution in [2.75, 3.05) is 5.32 Å². The number of H-pyrrole nitrogens is 1. The minimum atomic E-state index is -0.294. The molecule has 1 aromatic carbocycles. The average molecular weight is 296 g/mol. The van der Waals surface area contributed by atoms with Crippen LogP contribution in [0.5, 0.6) is 0 Å². The number of benzene rings is 1. The minimum Gasteiger partial charge on any atom is -0.322 e. The van der Waals surface area contributed by atoms with Gasteiger partial charge in [-0.25, -0.2) is 9.50 Å². The number of hydrogen-bond acceptors (Lipinski definition) is 3. The van der Waals surface area contributed by atoms with Gasteiger partial charge in [0.15, 0.2) is 5.65 Å². The number of amides is 1. The molecule has 22 heavy (non-hydrogen) atoms. The number of aromatic amines is 1. The average Bonchev–Trinajstić information content (AvgIpc) is 2.92. The summed E-state index contributed by atoms with van der Waals surface area (Å²) in [6.45, 7) is 3.75. The maximum absolute atomic E-state index is 12.5. The molecule has 6 heteroatoms. The van der Waals surface area contributed by atoms with Crippen LogP contribution in [-0.2, 0) is 6.42 Å². The predicted molar refractivity (Wildman–Crippen MR) is 84.3 cm³/mol. The van der Waals surface area contributed by atoms with Crippen LogP contribution < -0.4 is 10.9 Å². The number of hydrogen-bond donors (Lipinski definition) is 2. The van der Waals surface area contributed by atoms with Gasteiger partial charge in [-0.15, -0.1) is 0 Å². The van der Waals surface area contributed by atoms with Crippen LogP contribution in [0.25, 0.3) is 5.65 Å². The fourth-order valence-corrected chi connectivity index (χ4v) is 2.40. The number of fused-ring (bicyclic) bond motifs is 1. The molecule has 0 fully saturated rings. The number of carbonyl (C=O) groups is 1. The fourth-order valence-electron chi connectivity index (χ4n) is 2.40. The smallest absolute Gasteiger partial charge is 0.272 e. The van der Waals surface area contributed by atoms with Gasteiger partial charge >= 0.3 is 0 Å². The van der Waals surface area contributed by atoms with Crippen molar-refractivity contribution in [3.05, 3.63) is 63.7 Å². The largest absolute Gasteiger partial charge is 0.322 e. The first-order valence-corrected chi connectivity index (χ1v) is 7.07. The van der Waals surface area contributed by atoms with Gasteiger partial charge in [0.05, 0.1) is 0 Å². The van der Waals surface area contributed by atoms with E-state index in [1.807, 2.05) is 31.2 Å². The first kappa shape index (κ1) is 14.1. The third kappa shape index (κ3) is 2.39. The number of aryl methyl sites for hydroxylation is 2. The third-order valence-electron chi connectivity index (χ3n) is 3.52. The van der Waals surface area contributed by atoms with Gasteiger partial charge in [-0.05, 0) is 25.0 Å². The molecule has 3 rings (SSSR count). The lowest BCUT2D eigenvalue weighted by Gasteiger charge is -2.08. The maximum atomic E-state index is 12.5. The second-order valence-electron chi connectivity index (χ2n) is 5.05. The van der Waals surface area contributed by atoms with Crippen LogP contribution in [0.3, 0.4) is 0 Å². The lowest BCUT2D eigenvalue weighted by atomic mass is 10.1. The van der Waals surface area contributed by atoms with Crippen LogP contribution in [0.2, 0.25) is 0 Å². The first-order valence-electron chi connectivity index (χ1n) is 7.07. The highest BCUT2D eigenvalue weighted by molar-refractivity contribution is 6.08. The van der Waals surface area contributed by atoms with E-state index in [0.29, 0.717) is 16.9 Å². The van der Waals surface area contributed by atoms with Crippen molar-refractivity contribution >= 4 is 17.2 Å². The van der Waals surface area contributed by atoms with E-state index in [1.54, 1.807) is 6.92 Å². The Morgan fingerprint density at radius 3 is 2.91 bits per heavy atom. The van der Waals surface area contributed by atoms with Crippen molar-refractivity contribution in [1.29, 1.82) is 0 Å². The molecule has 2 aromatic heterocycles. The Hall–Kier alpha value is -2.89. The molecule has 2 N–H and O–H groups in total. The Labute approximate surface area is 126 Å². The number of carbonyl (C=O) groups excluding carboxylic acids is 1. The van der Waals surface area contributed by atoms with Gasteiger partial charge < -0.3 is 5.32 Å². The summed E-state index contributed by atoms with van der Waals surface area (Å²) in [4.78, 5) is 28.6. The molecule has 2 heterocycles. The molecular weight excluding hydrogens is 280 g/mol. The number of para-hydroxylation sites is 1. The van der Waals surface area contributed by atoms with E-state index in [2.05, 4.69) is 15.4 Å². The Morgan fingerprint density at radius 2 is 2.14 bits per heavy atom. The van der Waals surface area contributed by atoms with Crippen molar-refractivity contribution in [3.63, 3.8) is 0 Å². The molecule has 3 aromatic rings. The molecule has 1 amide bonds. The molecule has 6 nitrogen and oxygen atoms in total. The molecule has 0 radical (unpaired) electrons. The van der Waals surface area contributed by atoms with Crippen LogP contribution in [0, 0.1) is 6.92 Å². The van der Waals surface area contributed by atoms with Gasteiger partial charge in [-0.2, -0.15) is 0 Å². The van der Waals surface area contributed by atoms with E-state index in [1.165, 1.54) is 16.8 Å². The molecule has 0 unspecified atom stereocenters. The fraction of sp³-hybridized carbons (Fsp3) is 0.188. The second-order valence-corrected chi connectivity index (χ2v) is 5.05. The second kappa shape index (κ2) is 5.48. The highest BCUT2D eigenvalue weighted by Gasteiger charge is 2.15. The zero-order valence-electron chi connectivity index (χ0n) is 12.4. The van der Waals surface area contributed by atoms with Gasteiger partial charge in [0.1, 0.15) is 5.56 Å². The zero-order valence-corrected chi connectivity index (χ0v) is 12.4. The van der Waals surface area contributed by atoms with Crippen LogP contribution >= 0.6 is 0 Å². The van der Waals surface area contributed by atoms with Crippen molar-refractivity contribution in [2.24, 2.45) is 0 Å². The summed E-state index contributed by atoms with van der Waals surface area (Å²) in [5.74, 6) is -0.294. The quantitative estimate of drug-likeness (QED) is 0.777. The summed E-state index contributed by atoms with van der Waals surface area (Å²) >= 11 is 0. The van der Waals surface area contributed by atoms with Crippen molar-refractivity contribution < 1.29 is 4.79 Å². The number of aromatic nitrogens is 3. The van der Waals surface area contributed by atoms with Crippen LogP contribution in [-0.4, -0.2) is 20.5 Å². The van der Waals surface area contributed by atoms with Crippen LogP contribution in [0.4, 0.5) is 5.69 Å². The SMILES string of the molecule is CCc1ccccc1NC(=O)c1c[nH]n2c(=O)cc(C)nc12. The lowest BCUT2D eigenvalue weighted by Crippen LogP contribution is -2.17. The van der Waals surface area contributed by atoms with E-state index in [0.717, 1.165) is 17.7 Å². The molecule has 0 saturated heterocycles. The van der Waals surface area contributed by atoms with Gasteiger partial charge in [0.2, 0.25) is 0 Å². The topological polar surface area (TPSA) is 79.3 Å². The lowest BCUT2D eigenvalue weighted by molar-refractivity contribution is 0.102. The Kier molecular flexibility index (Phi) is 3.50. The molecule has 0 atom stereocenters. The van der Waals surface area contributed by atoms with Gasteiger partial charge in [0, 0.05) is 23.6 Å².